The molecular weight excluding hydrogens is 452 g/mol. The third-order valence-corrected chi connectivity index (χ3v) is 6.47. The fourth-order valence-electron chi connectivity index (χ4n) is 4.65. The van der Waals surface area contributed by atoms with E-state index in [0.717, 1.165) is 30.3 Å². The second-order valence-corrected chi connectivity index (χ2v) is 10.3. The minimum absolute atomic E-state index is 0.0264. The normalized spacial score (nSPS) is 17.6. The van der Waals surface area contributed by atoms with E-state index >= 15 is 0 Å². The van der Waals surface area contributed by atoms with Crippen LogP contribution in [-0.2, 0) is 16.6 Å². The molecule has 192 valence electrons. The van der Waals surface area contributed by atoms with Crippen LogP contribution in [0.4, 0.5) is 14.5 Å². The van der Waals surface area contributed by atoms with Crippen molar-refractivity contribution in [3.8, 4) is 0 Å². The molecule has 0 saturated carbocycles. The second kappa shape index (κ2) is 11.5. The Kier molecular flexibility index (Phi) is 8.85. The van der Waals surface area contributed by atoms with Crippen LogP contribution in [0.5, 0.6) is 0 Å². The lowest BCUT2D eigenvalue weighted by molar-refractivity contribution is -0.120. The van der Waals surface area contributed by atoms with Gasteiger partial charge >= 0.3 is 0 Å². The van der Waals surface area contributed by atoms with Crippen molar-refractivity contribution in [2.24, 2.45) is 0 Å². The maximum atomic E-state index is 13.7. The first-order chi connectivity index (χ1) is 16.5. The predicted molar refractivity (Wildman–Crippen MR) is 133 cm³/mol. The fraction of sp³-hybridized carbons (Fsp3) is 0.519. The SMILES string of the molecule is CC(=O)N[C@@H](Cc1cc(F)cc(F)c1)[C@H](O)CN[C@H]1CCN(CCO)c2ccc(C(C)(C)C)cc21. The number of anilines is 1. The third-order valence-electron chi connectivity index (χ3n) is 6.47. The van der Waals surface area contributed by atoms with E-state index in [0.29, 0.717) is 12.1 Å². The van der Waals surface area contributed by atoms with E-state index in [1.54, 1.807) is 0 Å². The maximum absolute atomic E-state index is 13.7. The molecule has 1 amide bonds. The fourth-order valence-corrected chi connectivity index (χ4v) is 4.65. The van der Waals surface area contributed by atoms with Crippen molar-refractivity contribution in [2.75, 3.05) is 31.1 Å². The van der Waals surface area contributed by atoms with Gasteiger partial charge in [0.1, 0.15) is 11.6 Å². The van der Waals surface area contributed by atoms with Crippen molar-refractivity contribution < 1.29 is 23.8 Å². The van der Waals surface area contributed by atoms with Gasteiger partial charge in [-0.2, -0.15) is 0 Å². The molecule has 0 saturated heterocycles. The summed E-state index contributed by atoms with van der Waals surface area (Å²) >= 11 is 0. The summed E-state index contributed by atoms with van der Waals surface area (Å²) in [6.45, 7) is 9.37. The highest BCUT2D eigenvalue weighted by Crippen LogP contribution is 2.37. The lowest BCUT2D eigenvalue weighted by Crippen LogP contribution is -2.49. The summed E-state index contributed by atoms with van der Waals surface area (Å²) in [5, 5.41) is 26.6. The van der Waals surface area contributed by atoms with Gasteiger partial charge in [0.05, 0.1) is 18.8 Å². The molecule has 2 aromatic carbocycles. The van der Waals surface area contributed by atoms with Gasteiger partial charge in [-0.25, -0.2) is 8.78 Å². The highest BCUT2D eigenvalue weighted by Gasteiger charge is 2.29. The molecule has 0 spiro atoms. The Bertz CT molecular complexity index is 1000. The van der Waals surface area contributed by atoms with Crippen LogP contribution in [0.15, 0.2) is 36.4 Å². The number of aliphatic hydroxyl groups excluding tert-OH is 2. The molecule has 8 heteroatoms. The van der Waals surface area contributed by atoms with Gasteiger partial charge in [-0.15, -0.1) is 0 Å². The van der Waals surface area contributed by atoms with Crippen LogP contribution in [0.3, 0.4) is 0 Å². The number of carbonyl (C=O) groups is 1. The first-order valence-corrected chi connectivity index (χ1v) is 12.1. The summed E-state index contributed by atoms with van der Waals surface area (Å²) in [5.41, 5.74) is 3.68. The van der Waals surface area contributed by atoms with Crippen molar-refractivity contribution in [1.82, 2.24) is 10.6 Å². The van der Waals surface area contributed by atoms with E-state index < -0.39 is 23.8 Å². The van der Waals surface area contributed by atoms with Gasteiger partial charge in [0.2, 0.25) is 5.91 Å². The number of nitrogens with one attached hydrogen (secondary N) is 2. The van der Waals surface area contributed by atoms with Crippen LogP contribution < -0.4 is 15.5 Å². The van der Waals surface area contributed by atoms with Gasteiger partial charge < -0.3 is 25.7 Å². The minimum Gasteiger partial charge on any atom is -0.395 e. The van der Waals surface area contributed by atoms with Crippen LogP contribution in [0.1, 0.15) is 56.8 Å². The first kappa shape index (κ1) is 27.0. The van der Waals surface area contributed by atoms with Gasteiger partial charge in [-0.1, -0.05) is 32.9 Å². The van der Waals surface area contributed by atoms with Gasteiger partial charge in [0.15, 0.2) is 0 Å². The monoisotopic (exact) mass is 489 g/mol. The minimum atomic E-state index is -0.977. The topological polar surface area (TPSA) is 84.8 Å². The second-order valence-electron chi connectivity index (χ2n) is 10.3. The van der Waals surface area contributed by atoms with Crippen LogP contribution in [0.2, 0.25) is 0 Å². The summed E-state index contributed by atoms with van der Waals surface area (Å²) < 4.78 is 27.3. The largest absolute Gasteiger partial charge is 0.395 e. The Morgan fingerprint density at radius 1 is 1.17 bits per heavy atom. The van der Waals surface area contributed by atoms with Crippen molar-refractivity contribution in [2.45, 2.75) is 64.1 Å². The van der Waals surface area contributed by atoms with Gasteiger partial charge in [-0.05, 0) is 53.1 Å². The van der Waals surface area contributed by atoms with E-state index in [1.807, 2.05) is 0 Å². The number of aliphatic hydroxyl groups is 2. The number of carbonyl (C=O) groups excluding carboxylic acids is 1. The van der Waals surface area contributed by atoms with E-state index in [9.17, 15) is 23.8 Å². The highest BCUT2D eigenvalue weighted by atomic mass is 19.1. The molecule has 3 rings (SSSR count). The molecule has 6 nitrogen and oxygen atoms in total. The predicted octanol–water partition coefficient (Wildman–Crippen LogP) is 3.20. The Morgan fingerprint density at radius 3 is 2.46 bits per heavy atom. The molecule has 1 heterocycles. The maximum Gasteiger partial charge on any atom is 0.217 e. The molecule has 1 aliphatic rings. The molecule has 0 aliphatic carbocycles. The molecule has 4 N–H and O–H groups in total. The zero-order valence-corrected chi connectivity index (χ0v) is 20.9. The number of halogens is 2. The molecule has 3 atom stereocenters. The Labute approximate surface area is 206 Å². The molecular formula is C27H37F2N3O3. The Hall–Kier alpha value is -2.55. The van der Waals surface area contributed by atoms with E-state index in [-0.39, 0.29) is 36.9 Å². The number of nitrogens with zero attached hydrogens (tertiary/aromatic N) is 1. The summed E-state index contributed by atoms with van der Waals surface area (Å²) in [7, 11) is 0. The number of hydrogen-bond acceptors (Lipinski definition) is 5. The molecule has 2 aromatic rings. The number of β-amino-alcohol motifs (C(OH)–C–C–N with tert-alkyl or cyclic N) is 1. The summed E-state index contributed by atoms with van der Waals surface area (Å²) in [6, 6.07) is 8.86. The van der Waals surface area contributed by atoms with E-state index in [1.165, 1.54) is 24.6 Å². The standard InChI is InChI=1S/C27H37F2N3O3/c1-17(34)31-24(13-18-11-20(28)15-21(29)12-18)26(35)16-30-23-7-8-32(9-10-33)25-6-5-19(14-22(23)25)27(2,3)4/h5-6,11-12,14-15,23-24,26,30,33,35H,7-10,13,16H2,1-4H3,(H,31,34)/t23-,24-,26+/m0/s1. The van der Waals surface area contributed by atoms with Gasteiger partial charge in [0, 0.05) is 44.4 Å². The summed E-state index contributed by atoms with van der Waals surface area (Å²) in [6.07, 6.45) is -0.0979. The van der Waals surface area contributed by atoms with Gasteiger partial charge in [-0.3, -0.25) is 4.79 Å². The van der Waals surface area contributed by atoms with Crippen LogP contribution in [0.25, 0.3) is 0 Å². The number of rotatable bonds is 9. The Balaban J connectivity index is 1.78. The van der Waals surface area contributed by atoms with Crippen molar-refractivity contribution in [3.05, 3.63) is 64.7 Å². The molecule has 0 fully saturated rings. The van der Waals surface area contributed by atoms with E-state index in [2.05, 4.69) is 54.5 Å². The average Bonchev–Trinajstić information content (AvgIpc) is 2.76. The number of hydrogen-bond donors (Lipinski definition) is 4. The lowest BCUT2D eigenvalue weighted by atomic mass is 9.83. The zero-order valence-electron chi connectivity index (χ0n) is 20.9. The van der Waals surface area contributed by atoms with Crippen molar-refractivity contribution in [3.63, 3.8) is 0 Å². The van der Waals surface area contributed by atoms with Gasteiger partial charge in [0.25, 0.3) is 0 Å². The molecule has 0 radical (unpaired) electrons. The molecule has 35 heavy (non-hydrogen) atoms. The van der Waals surface area contributed by atoms with Crippen LogP contribution in [0, 0.1) is 11.6 Å². The Morgan fingerprint density at radius 2 is 1.86 bits per heavy atom. The summed E-state index contributed by atoms with van der Waals surface area (Å²) in [4.78, 5) is 13.9. The first-order valence-electron chi connectivity index (χ1n) is 12.1. The van der Waals surface area contributed by atoms with Crippen molar-refractivity contribution >= 4 is 11.6 Å². The molecule has 0 bridgehead atoms. The molecule has 1 aliphatic heterocycles. The lowest BCUT2D eigenvalue weighted by Gasteiger charge is -2.37. The van der Waals surface area contributed by atoms with Crippen LogP contribution in [-0.4, -0.2) is 54.5 Å². The quantitative estimate of drug-likeness (QED) is 0.435. The van der Waals surface area contributed by atoms with Crippen LogP contribution >= 0.6 is 0 Å². The number of amides is 1. The zero-order chi connectivity index (χ0) is 25.8. The smallest absolute Gasteiger partial charge is 0.217 e. The van der Waals surface area contributed by atoms with E-state index in [4.69, 9.17) is 0 Å². The third kappa shape index (κ3) is 7.22. The highest BCUT2D eigenvalue weighted by molar-refractivity contribution is 5.73. The number of benzene rings is 2. The molecule has 0 unspecified atom stereocenters. The number of fused-ring (bicyclic) bond motifs is 1. The van der Waals surface area contributed by atoms with Crippen molar-refractivity contribution in [1.29, 1.82) is 0 Å². The average molecular weight is 490 g/mol. The molecule has 0 aromatic heterocycles. The summed E-state index contributed by atoms with van der Waals surface area (Å²) in [5.74, 6) is -1.73.